The monoisotopic (exact) mass is 265 g/mol. The van der Waals surface area contributed by atoms with Crippen molar-refractivity contribution in [1.82, 2.24) is 5.32 Å². The zero-order chi connectivity index (χ0) is 10.3. The van der Waals surface area contributed by atoms with Crippen molar-refractivity contribution in [2.75, 3.05) is 13.1 Å². The smallest absolute Gasteiger partial charge is 0.0175 e. The first-order valence-electron chi connectivity index (χ1n) is 5.75. The van der Waals surface area contributed by atoms with E-state index in [0.717, 1.165) is 5.92 Å². The maximum absolute atomic E-state index is 3.59. The molecule has 2 bridgehead atoms. The lowest BCUT2D eigenvalue weighted by atomic mass is 9.76. The molecule has 0 radical (unpaired) electrons. The zero-order valence-corrected chi connectivity index (χ0v) is 10.4. The van der Waals surface area contributed by atoms with E-state index in [1.54, 1.807) is 0 Å². The molecule has 0 spiro atoms. The zero-order valence-electron chi connectivity index (χ0n) is 8.80. The van der Waals surface area contributed by atoms with Crippen LogP contribution in [0.1, 0.15) is 24.8 Å². The largest absolute Gasteiger partial charge is 0.316 e. The molecule has 1 N–H and O–H groups in total. The van der Waals surface area contributed by atoms with Gasteiger partial charge in [0.15, 0.2) is 0 Å². The average molecular weight is 266 g/mol. The molecular formula is C13H16BrN. The van der Waals surface area contributed by atoms with Gasteiger partial charge < -0.3 is 5.32 Å². The molecule has 80 valence electrons. The van der Waals surface area contributed by atoms with E-state index in [2.05, 4.69) is 45.5 Å². The summed E-state index contributed by atoms with van der Waals surface area (Å²) in [6.45, 7) is 2.41. The summed E-state index contributed by atoms with van der Waals surface area (Å²) in [5.74, 6) is 0.919. The Kier molecular flexibility index (Phi) is 2.37. The number of benzene rings is 1. The predicted octanol–water partition coefficient (Wildman–Crippen LogP) is 3.09. The second kappa shape index (κ2) is 3.60. The standard InChI is InChI=1S/C13H16BrN/c14-12-3-1-11(2-4-12)13-6-5-10(7-13)8-15-9-13/h1-4,10,15H,5-9H2. The van der Waals surface area contributed by atoms with Crippen molar-refractivity contribution in [3.05, 3.63) is 34.3 Å². The molecule has 2 fully saturated rings. The lowest BCUT2D eigenvalue weighted by Gasteiger charge is -2.34. The van der Waals surface area contributed by atoms with E-state index in [4.69, 9.17) is 0 Å². The van der Waals surface area contributed by atoms with Crippen LogP contribution in [0.5, 0.6) is 0 Å². The Hall–Kier alpha value is -0.340. The molecular weight excluding hydrogens is 250 g/mol. The minimum Gasteiger partial charge on any atom is -0.316 e. The predicted molar refractivity (Wildman–Crippen MR) is 66.0 cm³/mol. The second-order valence-electron chi connectivity index (χ2n) is 5.03. The summed E-state index contributed by atoms with van der Waals surface area (Å²) in [7, 11) is 0. The maximum Gasteiger partial charge on any atom is 0.0175 e. The molecule has 0 aromatic heterocycles. The highest BCUT2D eigenvalue weighted by molar-refractivity contribution is 9.10. The summed E-state index contributed by atoms with van der Waals surface area (Å²) in [5, 5.41) is 3.59. The Bertz CT molecular complexity index is 355. The molecule has 1 saturated carbocycles. The SMILES string of the molecule is Brc1ccc(C23CCC(CNC2)C3)cc1. The maximum atomic E-state index is 3.59. The van der Waals surface area contributed by atoms with E-state index in [1.165, 1.54) is 42.4 Å². The number of fused-ring (bicyclic) bond motifs is 2. The van der Waals surface area contributed by atoms with Gasteiger partial charge in [-0.25, -0.2) is 0 Å². The van der Waals surface area contributed by atoms with Gasteiger partial charge >= 0.3 is 0 Å². The van der Waals surface area contributed by atoms with Crippen LogP contribution in [-0.4, -0.2) is 13.1 Å². The lowest BCUT2D eigenvalue weighted by molar-refractivity contribution is 0.327. The van der Waals surface area contributed by atoms with Gasteiger partial charge in [-0.1, -0.05) is 28.1 Å². The molecule has 2 unspecified atom stereocenters. The van der Waals surface area contributed by atoms with E-state index in [9.17, 15) is 0 Å². The highest BCUT2D eigenvalue weighted by atomic mass is 79.9. The van der Waals surface area contributed by atoms with Crippen LogP contribution in [0.15, 0.2) is 28.7 Å². The van der Waals surface area contributed by atoms with Crippen molar-refractivity contribution < 1.29 is 0 Å². The van der Waals surface area contributed by atoms with Gasteiger partial charge in [0.1, 0.15) is 0 Å². The first-order valence-corrected chi connectivity index (χ1v) is 6.55. The van der Waals surface area contributed by atoms with E-state index in [1.807, 2.05) is 0 Å². The molecule has 3 rings (SSSR count). The average Bonchev–Trinajstić information content (AvgIpc) is 2.56. The van der Waals surface area contributed by atoms with Gasteiger partial charge in [-0.3, -0.25) is 0 Å². The second-order valence-corrected chi connectivity index (χ2v) is 5.94. The lowest BCUT2D eigenvalue weighted by Crippen LogP contribution is -2.42. The van der Waals surface area contributed by atoms with E-state index in [-0.39, 0.29) is 0 Å². The van der Waals surface area contributed by atoms with Crippen LogP contribution in [0.3, 0.4) is 0 Å². The van der Waals surface area contributed by atoms with Gasteiger partial charge in [0, 0.05) is 16.4 Å². The topological polar surface area (TPSA) is 12.0 Å². The molecule has 1 aromatic carbocycles. The normalized spacial score (nSPS) is 34.3. The van der Waals surface area contributed by atoms with Gasteiger partial charge in [0.25, 0.3) is 0 Å². The number of halogens is 1. The molecule has 0 amide bonds. The first kappa shape index (κ1) is 9.86. The molecule has 1 aliphatic heterocycles. The fourth-order valence-corrected chi connectivity index (χ4v) is 3.52. The minimum absolute atomic E-state index is 0.448. The first-order chi connectivity index (χ1) is 7.28. The summed E-state index contributed by atoms with van der Waals surface area (Å²) in [5.41, 5.74) is 1.98. The number of hydrogen-bond acceptors (Lipinski definition) is 1. The van der Waals surface area contributed by atoms with Gasteiger partial charge in [0.2, 0.25) is 0 Å². The quantitative estimate of drug-likeness (QED) is 0.823. The summed E-state index contributed by atoms with van der Waals surface area (Å²) in [4.78, 5) is 0. The molecule has 2 aliphatic rings. The van der Waals surface area contributed by atoms with Crippen LogP contribution in [0.4, 0.5) is 0 Å². The third-order valence-corrected chi connectivity index (χ3v) is 4.59. The molecule has 2 heteroatoms. The molecule has 1 aliphatic carbocycles. The van der Waals surface area contributed by atoms with Crippen molar-refractivity contribution in [3.8, 4) is 0 Å². The summed E-state index contributed by atoms with van der Waals surface area (Å²) in [6.07, 6.45) is 4.16. The fraction of sp³-hybridized carbons (Fsp3) is 0.538. The van der Waals surface area contributed by atoms with Crippen molar-refractivity contribution in [2.24, 2.45) is 5.92 Å². The highest BCUT2D eigenvalue weighted by Gasteiger charge is 2.42. The third kappa shape index (κ3) is 1.64. The number of nitrogens with one attached hydrogen (secondary N) is 1. The van der Waals surface area contributed by atoms with Crippen molar-refractivity contribution >= 4 is 15.9 Å². The van der Waals surface area contributed by atoms with Crippen molar-refractivity contribution in [2.45, 2.75) is 24.7 Å². The molecule has 2 atom stereocenters. The molecule has 1 saturated heterocycles. The van der Waals surface area contributed by atoms with Crippen LogP contribution < -0.4 is 5.32 Å². The Balaban J connectivity index is 1.95. The van der Waals surface area contributed by atoms with Crippen LogP contribution >= 0.6 is 15.9 Å². The number of rotatable bonds is 1. The number of piperidine rings is 1. The molecule has 1 heterocycles. The van der Waals surface area contributed by atoms with Crippen molar-refractivity contribution in [3.63, 3.8) is 0 Å². The van der Waals surface area contributed by atoms with Gasteiger partial charge in [-0.05, 0) is 49.4 Å². The summed E-state index contributed by atoms with van der Waals surface area (Å²) in [6, 6.07) is 8.93. The van der Waals surface area contributed by atoms with Gasteiger partial charge in [-0.15, -0.1) is 0 Å². The van der Waals surface area contributed by atoms with Crippen LogP contribution in [-0.2, 0) is 5.41 Å². The number of hydrogen-bond donors (Lipinski definition) is 1. The Labute approximate surface area is 99.4 Å². The molecule has 1 nitrogen and oxygen atoms in total. The van der Waals surface area contributed by atoms with E-state index in [0.29, 0.717) is 5.41 Å². The third-order valence-electron chi connectivity index (χ3n) is 4.06. The van der Waals surface area contributed by atoms with E-state index >= 15 is 0 Å². The minimum atomic E-state index is 0.448. The highest BCUT2D eigenvalue weighted by Crippen LogP contribution is 2.45. The fourth-order valence-electron chi connectivity index (χ4n) is 3.26. The van der Waals surface area contributed by atoms with Gasteiger partial charge in [-0.2, -0.15) is 0 Å². The molecule has 1 aromatic rings. The summed E-state index contributed by atoms with van der Waals surface area (Å²) >= 11 is 3.50. The van der Waals surface area contributed by atoms with Crippen LogP contribution in [0.2, 0.25) is 0 Å². The van der Waals surface area contributed by atoms with Crippen molar-refractivity contribution in [1.29, 1.82) is 0 Å². The summed E-state index contributed by atoms with van der Waals surface area (Å²) < 4.78 is 1.18. The van der Waals surface area contributed by atoms with Crippen LogP contribution in [0, 0.1) is 5.92 Å². The van der Waals surface area contributed by atoms with Crippen LogP contribution in [0.25, 0.3) is 0 Å². The van der Waals surface area contributed by atoms with Gasteiger partial charge in [0.05, 0.1) is 0 Å². The van der Waals surface area contributed by atoms with E-state index < -0.39 is 0 Å². The molecule has 15 heavy (non-hydrogen) atoms. The Morgan fingerprint density at radius 1 is 1.27 bits per heavy atom. The Morgan fingerprint density at radius 2 is 2.07 bits per heavy atom. The Morgan fingerprint density at radius 3 is 2.87 bits per heavy atom.